The van der Waals surface area contributed by atoms with Crippen molar-refractivity contribution in [3.8, 4) is 0 Å². The van der Waals surface area contributed by atoms with Crippen molar-refractivity contribution < 1.29 is 0 Å². The van der Waals surface area contributed by atoms with Crippen LogP contribution < -0.4 is 0 Å². The third kappa shape index (κ3) is 2.23. The average molecular weight is 265 g/mol. The Balaban J connectivity index is 2.29. The van der Waals surface area contributed by atoms with Crippen LogP contribution in [0.3, 0.4) is 0 Å². The quantitative estimate of drug-likeness (QED) is 0.507. The fourth-order valence-electron chi connectivity index (χ4n) is 2.76. The van der Waals surface area contributed by atoms with Crippen LogP contribution in [-0.2, 0) is 0 Å². The molecule has 3 aromatic carbocycles. The van der Waals surface area contributed by atoms with Crippen LogP contribution in [0.25, 0.3) is 21.5 Å². The summed E-state index contributed by atoms with van der Waals surface area (Å²) in [6, 6.07) is 19.5. The first-order chi connectivity index (χ1) is 9.31. The van der Waals surface area contributed by atoms with Crippen molar-refractivity contribution in [2.45, 2.75) is 25.0 Å². The van der Waals surface area contributed by atoms with E-state index < -0.39 is 0 Å². The molecular weight excluding hydrogens is 248 g/mol. The van der Waals surface area contributed by atoms with Crippen LogP contribution in [-0.4, -0.2) is 0 Å². The molecule has 0 heterocycles. The molecule has 19 heavy (non-hydrogen) atoms. The Morgan fingerprint density at radius 2 is 1.63 bits per heavy atom. The Kier molecular flexibility index (Phi) is 3.48. The minimum atomic E-state index is 0.217. The van der Waals surface area contributed by atoms with Crippen molar-refractivity contribution in [1.82, 2.24) is 0 Å². The Labute approximate surface area is 119 Å². The molecule has 3 rings (SSSR count). The van der Waals surface area contributed by atoms with E-state index in [-0.39, 0.29) is 5.25 Å². The molecule has 1 unspecified atom stereocenters. The summed E-state index contributed by atoms with van der Waals surface area (Å²) in [7, 11) is 0. The highest BCUT2D eigenvalue weighted by Crippen LogP contribution is 2.34. The SMILES string of the molecule is CCCC([S])c1cccc2c1ccc1ccccc12. The van der Waals surface area contributed by atoms with E-state index in [9.17, 15) is 0 Å². The molecule has 0 aromatic heterocycles. The van der Waals surface area contributed by atoms with Crippen LogP contribution >= 0.6 is 12.6 Å². The van der Waals surface area contributed by atoms with E-state index in [1.165, 1.54) is 27.1 Å². The first-order valence-corrected chi connectivity index (χ1v) is 7.34. The monoisotopic (exact) mass is 265 g/mol. The van der Waals surface area contributed by atoms with Gasteiger partial charge in [-0.1, -0.05) is 80.6 Å². The Hall–Kier alpha value is -1.47. The molecule has 0 bridgehead atoms. The van der Waals surface area contributed by atoms with Crippen LogP contribution in [0.1, 0.15) is 30.6 Å². The predicted molar refractivity (Wildman–Crippen MR) is 86.7 cm³/mol. The molecule has 0 nitrogen and oxygen atoms in total. The second-order valence-corrected chi connectivity index (χ2v) is 5.58. The standard InChI is InChI=1S/C18H17S/c1-2-6-18(19)17-10-5-9-15-14-8-4-3-7-13(14)11-12-16(15)17/h3-5,7-12,18H,2,6H2,1H3. The highest BCUT2D eigenvalue weighted by molar-refractivity contribution is 7.80. The van der Waals surface area contributed by atoms with Crippen LogP contribution in [0.2, 0.25) is 0 Å². The summed E-state index contributed by atoms with van der Waals surface area (Å²) in [4.78, 5) is 0. The number of benzene rings is 3. The van der Waals surface area contributed by atoms with Gasteiger partial charge in [0.1, 0.15) is 0 Å². The molecule has 0 saturated carbocycles. The molecule has 1 heteroatoms. The molecule has 0 saturated heterocycles. The molecular formula is C18H17S. The summed E-state index contributed by atoms with van der Waals surface area (Å²) in [5.41, 5.74) is 1.31. The molecule has 0 N–H and O–H groups in total. The lowest BCUT2D eigenvalue weighted by Gasteiger charge is -2.13. The Bertz CT molecular complexity index is 715. The fourth-order valence-corrected chi connectivity index (χ4v) is 3.20. The molecule has 1 radical (unpaired) electrons. The van der Waals surface area contributed by atoms with E-state index in [1.807, 2.05) is 0 Å². The zero-order chi connectivity index (χ0) is 13.2. The van der Waals surface area contributed by atoms with Crippen molar-refractivity contribution in [3.05, 3.63) is 60.2 Å². The Morgan fingerprint density at radius 1 is 0.842 bits per heavy atom. The van der Waals surface area contributed by atoms with Crippen molar-refractivity contribution in [3.63, 3.8) is 0 Å². The van der Waals surface area contributed by atoms with Gasteiger partial charge >= 0.3 is 0 Å². The van der Waals surface area contributed by atoms with E-state index in [0.29, 0.717) is 0 Å². The summed E-state index contributed by atoms with van der Waals surface area (Å²) >= 11 is 5.65. The van der Waals surface area contributed by atoms with Gasteiger partial charge in [0.25, 0.3) is 0 Å². The van der Waals surface area contributed by atoms with Gasteiger partial charge < -0.3 is 0 Å². The number of fused-ring (bicyclic) bond motifs is 3. The molecule has 0 amide bonds. The van der Waals surface area contributed by atoms with Gasteiger partial charge in [0.2, 0.25) is 0 Å². The maximum atomic E-state index is 5.65. The minimum Gasteiger partial charge on any atom is -0.0853 e. The Morgan fingerprint density at radius 3 is 2.47 bits per heavy atom. The van der Waals surface area contributed by atoms with Gasteiger partial charge in [0.15, 0.2) is 0 Å². The summed E-state index contributed by atoms with van der Waals surface area (Å²) in [6.07, 6.45) is 2.21. The maximum Gasteiger partial charge on any atom is 0.0407 e. The summed E-state index contributed by atoms with van der Waals surface area (Å²) in [5.74, 6) is 0. The van der Waals surface area contributed by atoms with E-state index in [2.05, 4.69) is 61.5 Å². The van der Waals surface area contributed by atoms with Gasteiger partial charge in [-0.25, -0.2) is 0 Å². The second kappa shape index (κ2) is 5.26. The van der Waals surface area contributed by atoms with E-state index in [0.717, 1.165) is 12.8 Å². The maximum absolute atomic E-state index is 5.65. The van der Waals surface area contributed by atoms with Crippen molar-refractivity contribution in [1.29, 1.82) is 0 Å². The van der Waals surface area contributed by atoms with E-state index in [1.54, 1.807) is 0 Å². The topological polar surface area (TPSA) is 0 Å². The molecule has 0 aliphatic heterocycles. The number of rotatable bonds is 3. The summed E-state index contributed by atoms with van der Waals surface area (Å²) in [6.45, 7) is 2.19. The average Bonchev–Trinajstić information content (AvgIpc) is 2.46. The third-order valence-electron chi connectivity index (χ3n) is 3.72. The van der Waals surface area contributed by atoms with Crippen molar-refractivity contribution in [2.75, 3.05) is 0 Å². The molecule has 3 aromatic rings. The first kappa shape index (κ1) is 12.6. The van der Waals surface area contributed by atoms with E-state index in [4.69, 9.17) is 12.6 Å². The smallest absolute Gasteiger partial charge is 0.0407 e. The molecule has 0 aliphatic carbocycles. The molecule has 1 atom stereocenters. The number of hydrogen-bond donors (Lipinski definition) is 0. The molecule has 0 fully saturated rings. The summed E-state index contributed by atoms with van der Waals surface area (Å²) in [5, 5.41) is 5.47. The van der Waals surface area contributed by atoms with Gasteiger partial charge in [0.05, 0.1) is 0 Å². The van der Waals surface area contributed by atoms with Gasteiger partial charge in [-0.15, -0.1) is 0 Å². The van der Waals surface area contributed by atoms with E-state index >= 15 is 0 Å². The van der Waals surface area contributed by atoms with Crippen LogP contribution in [0.4, 0.5) is 0 Å². The highest BCUT2D eigenvalue weighted by atomic mass is 32.1. The van der Waals surface area contributed by atoms with Crippen molar-refractivity contribution >= 4 is 34.2 Å². The highest BCUT2D eigenvalue weighted by Gasteiger charge is 2.11. The zero-order valence-corrected chi connectivity index (χ0v) is 11.9. The van der Waals surface area contributed by atoms with Crippen LogP contribution in [0, 0.1) is 0 Å². The van der Waals surface area contributed by atoms with Gasteiger partial charge in [0, 0.05) is 5.25 Å². The lowest BCUT2D eigenvalue weighted by molar-refractivity contribution is 0.787. The molecule has 0 aliphatic rings. The lowest BCUT2D eigenvalue weighted by Crippen LogP contribution is -1.92. The largest absolute Gasteiger partial charge is 0.0853 e. The molecule has 0 spiro atoms. The van der Waals surface area contributed by atoms with Gasteiger partial charge in [-0.2, -0.15) is 0 Å². The minimum absolute atomic E-state index is 0.217. The molecule has 95 valence electrons. The fraction of sp³-hybridized carbons (Fsp3) is 0.222. The van der Waals surface area contributed by atoms with Crippen LogP contribution in [0.5, 0.6) is 0 Å². The van der Waals surface area contributed by atoms with Gasteiger partial charge in [-0.3, -0.25) is 0 Å². The van der Waals surface area contributed by atoms with Gasteiger partial charge in [-0.05, 0) is 33.5 Å². The van der Waals surface area contributed by atoms with Crippen molar-refractivity contribution in [2.24, 2.45) is 0 Å². The third-order valence-corrected chi connectivity index (χ3v) is 4.21. The first-order valence-electron chi connectivity index (χ1n) is 6.87. The summed E-state index contributed by atoms with van der Waals surface area (Å²) < 4.78 is 0. The lowest BCUT2D eigenvalue weighted by atomic mass is 9.96. The van der Waals surface area contributed by atoms with Crippen LogP contribution in [0.15, 0.2) is 54.6 Å². The second-order valence-electron chi connectivity index (χ2n) is 5.01. The predicted octanol–water partition coefficient (Wildman–Crippen LogP) is 6.03. The normalized spacial score (nSPS) is 12.9. The number of hydrogen-bond acceptors (Lipinski definition) is 0. The zero-order valence-electron chi connectivity index (χ0n) is 11.1.